The van der Waals surface area contributed by atoms with Crippen LogP contribution < -0.4 is 0 Å². The molecule has 0 aliphatic heterocycles. The molecule has 0 amide bonds. The van der Waals surface area contributed by atoms with Crippen LogP contribution in [-0.4, -0.2) is 25.8 Å². The van der Waals surface area contributed by atoms with E-state index in [9.17, 15) is 9.18 Å². The van der Waals surface area contributed by atoms with Crippen LogP contribution in [0, 0.1) is 12.7 Å². The number of hydrogen-bond acceptors (Lipinski definition) is 3. The number of carbonyl (C=O) groups is 1. The van der Waals surface area contributed by atoms with E-state index in [2.05, 4.69) is 26.0 Å². The van der Waals surface area contributed by atoms with E-state index >= 15 is 0 Å². The first kappa shape index (κ1) is 14.6. The molecule has 20 heavy (non-hydrogen) atoms. The fraction of sp³-hybridized carbons (Fsp3) is 0.308. The smallest absolute Gasteiger partial charge is 0.375 e. The molecule has 2 aromatic rings. The number of benzene rings is 1. The van der Waals surface area contributed by atoms with E-state index in [-0.39, 0.29) is 11.7 Å². The van der Waals surface area contributed by atoms with Crippen LogP contribution in [0.2, 0.25) is 0 Å². The lowest BCUT2D eigenvalue weighted by atomic mass is 10.1. The molecule has 0 fully saturated rings. The minimum Gasteiger partial charge on any atom is -0.475 e. The zero-order valence-corrected chi connectivity index (χ0v) is 12.8. The van der Waals surface area contributed by atoms with Gasteiger partial charge in [-0.05, 0) is 34.5 Å². The van der Waals surface area contributed by atoms with Crippen molar-refractivity contribution in [2.45, 2.75) is 26.7 Å². The third-order valence-corrected chi connectivity index (χ3v) is 3.41. The fourth-order valence-electron chi connectivity index (χ4n) is 1.83. The minimum atomic E-state index is -1.21. The molecule has 0 spiro atoms. The van der Waals surface area contributed by atoms with Crippen molar-refractivity contribution in [3.63, 3.8) is 0 Å². The Bertz CT molecular complexity index is 682. The van der Waals surface area contributed by atoms with Crippen molar-refractivity contribution in [3.8, 4) is 5.69 Å². The van der Waals surface area contributed by atoms with Crippen LogP contribution in [0.15, 0.2) is 16.6 Å². The summed E-state index contributed by atoms with van der Waals surface area (Å²) < 4.78 is 15.5. The van der Waals surface area contributed by atoms with Crippen LogP contribution in [0.5, 0.6) is 0 Å². The second-order valence-electron chi connectivity index (χ2n) is 4.72. The van der Waals surface area contributed by atoms with Crippen molar-refractivity contribution < 1.29 is 14.3 Å². The topological polar surface area (TPSA) is 68.0 Å². The number of rotatable bonds is 3. The Morgan fingerprint density at radius 1 is 1.45 bits per heavy atom. The highest BCUT2D eigenvalue weighted by Gasteiger charge is 2.20. The summed E-state index contributed by atoms with van der Waals surface area (Å²) >= 11 is 3.11. The zero-order chi connectivity index (χ0) is 15.0. The molecular formula is C13H13BrFN3O2. The number of aryl methyl sites for hydroxylation is 1. The maximum absolute atomic E-state index is 13.7. The average Bonchev–Trinajstić information content (AvgIpc) is 2.78. The van der Waals surface area contributed by atoms with Crippen molar-refractivity contribution >= 4 is 21.9 Å². The molecular weight excluding hydrogens is 329 g/mol. The average molecular weight is 342 g/mol. The number of carboxylic acids is 1. The molecule has 5 nitrogen and oxygen atoms in total. The first-order valence-electron chi connectivity index (χ1n) is 5.97. The van der Waals surface area contributed by atoms with Gasteiger partial charge in [-0.2, -0.15) is 0 Å². The second kappa shape index (κ2) is 5.32. The highest BCUT2D eigenvalue weighted by Crippen LogP contribution is 2.25. The van der Waals surface area contributed by atoms with E-state index in [1.54, 1.807) is 13.0 Å². The molecule has 0 unspecified atom stereocenters. The molecule has 0 saturated carbocycles. The summed E-state index contributed by atoms with van der Waals surface area (Å²) in [5.41, 5.74) is 1.25. The summed E-state index contributed by atoms with van der Waals surface area (Å²) in [6.45, 7) is 5.54. The van der Waals surface area contributed by atoms with Crippen LogP contribution in [-0.2, 0) is 0 Å². The molecule has 0 saturated heterocycles. The molecule has 0 aliphatic carbocycles. The lowest BCUT2D eigenvalue weighted by molar-refractivity contribution is 0.0683. The van der Waals surface area contributed by atoms with E-state index in [0.29, 0.717) is 16.0 Å². The molecule has 1 aromatic heterocycles. The third-order valence-electron chi connectivity index (χ3n) is 2.81. The number of nitrogens with zero attached hydrogens (tertiary/aromatic N) is 3. The number of aromatic carboxylic acids is 1. The SMILES string of the molecule is Cc1cc(Br)c(F)cc1-n1nc(C(=O)O)nc1C(C)C. The maximum Gasteiger partial charge on any atom is 0.375 e. The van der Waals surface area contributed by atoms with Crippen molar-refractivity contribution in [2.24, 2.45) is 0 Å². The van der Waals surface area contributed by atoms with Crippen molar-refractivity contribution in [3.05, 3.63) is 39.6 Å². The summed E-state index contributed by atoms with van der Waals surface area (Å²) in [5, 5.41) is 13.0. The Hall–Kier alpha value is -1.76. The highest BCUT2D eigenvalue weighted by atomic mass is 79.9. The third kappa shape index (κ3) is 2.58. The van der Waals surface area contributed by atoms with Gasteiger partial charge in [0.15, 0.2) is 0 Å². The van der Waals surface area contributed by atoms with Crippen molar-refractivity contribution in [2.75, 3.05) is 0 Å². The van der Waals surface area contributed by atoms with Gasteiger partial charge in [0, 0.05) is 12.0 Å². The molecule has 1 aromatic carbocycles. The van der Waals surface area contributed by atoms with Crippen LogP contribution in [0.1, 0.15) is 41.8 Å². The molecule has 1 heterocycles. The van der Waals surface area contributed by atoms with Crippen molar-refractivity contribution in [1.29, 1.82) is 0 Å². The quantitative estimate of drug-likeness (QED) is 0.929. The first-order valence-corrected chi connectivity index (χ1v) is 6.76. The predicted octanol–water partition coefficient (Wildman–Crippen LogP) is 3.30. The van der Waals surface area contributed by atoms with E-state index in [1.807, 2.05) is 13.8 Å². The summed E-state index contributed by atoms with van der Waals surface area (Å²) in [7, 11) is 0. The van der Waals surface area contributed by atoms with Gasteiger partial charge in [-0.3, -0.25) is 0 Å². The van der Waals surface area contributed by atoms with Gasteiger partial charge in [0.05, 0.1) is 10.2 Å². The van der Waals surface area contributed by atoms with Gasteiger partial charge in [0.25, 0.3) is 5.82 Å². The number of aromatic nitrogens is 3. The van der Waals surface area contributed by atoms with Gasteiger partial charge in [-0.15, -0.1) is 5.10 Å². The summed E-state index contributed by atoms with van der Waals surface area (Å²) in [4.78, 5) is 15.0. The van der Waals surface area contributed by atoms with Crippen LogP contribution in [0.3, 0.4) is 0 Å². The largest absolute Gasteiger partial charge is 0.475 e. The first-order chi connectivity index (χ1) is 9.31. The molecule has 106 valence electrons. The standard InChI is InChI=1S/C13H13BrFN3O2/c1-6(2)12-16-11(13(19)20)17-18(12)10-5-9(15)8(14)4-7(10)3/h4-6H,1-3H3,(H,19,20). The molecule has 7 heteroatoms. The van der Waals surface area contributed by atoms with Gasteiger partial charge >= 0.3 is 5.97 Å². The van der Waals surface area contributed by atoms with E-state index in [4.69, 9.17) is 5.11 Å². The zero-order valence-electron chi connectivity index (χ0n) is 11.2. The van der Waals surface area contributed by atoms with E-state index < -0.39 is 11.8 Å². The molecule has 2 rings (SSSR count). The Morgan fingerprint density at radius 3 is 2.65 bits per heavy atom. The van der Waals surface area contributed by atoms with Crippen molar-refractivity contribution in [1.82, 2.24) is 14.8 Å². The Balaban J connectivity index is 2.68. The second-order valence-corrected chi connectivity index (χ2v) is 5.57. The van der Waals surface area contributed by atoms with Crippen LogP contribution in [0.4, 0.5) is 4.39 Å². The van der Waals surface area contributed by atoms with Crippen LogP contribution in [0.25, 0.3) is 5.69 Å². The van der Waals surface area contributed by atoms with Gasteiger partial charge < -0.3 is 5.11 Å². The summed E-state index contributed by atoms with van der Waals surface area (Å²) in [5.74, 6) is -1.50. The van der Waals surface area contributed by atoms with E-state index in [1.165, 1.54) is 10.7 Å². The van der Waals surface area contributed by atoms with E-state index in [0.717, 1.165) is 5.56 Å². The van der Waals surface area contributed by atoms with Crippen LogP contribution >= 0.6 is 15.9 Å². The maximum atomic E-state index is 13.7. The Labute approximate surface area is 123 Å². The molecule has 0 aliphatic rings. The fourth-order valence-corrected chi connectivity index (χ4v) is 2.29. The number of hydrogen-bond donors (Lipinski definition) is 1. The van der Waals surface area contributed by atoms with Gasteiger partial charge in [-0.1, -0.05) is 13.8 Å². The summed E-state index contributed by atoms with van der Waals surface area (Å²) in [6.07, 6.45) is 0. The van der Waals surface area contributed by atoms with Gasteiger partial charge in [-0.25, -0.2) is 18.9 Å². The normalized spacial score (nSPS) is 11.1. The molecule has 1 N–H and O–H groups in total. The highest BCUT2D eigenvalue weighted by molar-refractivity contribution is 9.10. The lowest BCUT2D eigenvalue weighted by Gasteiger charge is -2.11. The molecule has 0 radical (unpaired) electrons. The number of halogens is 2. The van der Waals surface area contributed by atoms with Gasteiger partial charge in [0.1, 0.15) is 11.6 Å². The predicted molar refractivity (Wildman–Crippen MR) is 74.8 cm³/mol. The van der Waals surface area contributed by atoms with Gasteiger partial charge in [0.2, 0.25) is 0 Å². The summed E-state index contributed by atoms with van der Waals surface area (Å²) in [6, 6.07) is 2.93. The molecule has 0 atom stereocenters. The minimum absolute atomic E-state index is 0.0401. The monoisotopic (exact) mass is 341 g/mol. The Morgan fingerprint density at radius 2 is 2.10 bits per heavy atom. The Kier molecular flexibility index (Phi) is 3.89. The number of carboxylic acid groups (broad SMARTS) is 1. The lowest BCUT2D eigenvalue weighted by Crippen LogP contribution is -2.07. The molecule has 0 bridgehead atoms.